The first-order valence-electron chi connectivity index (χ1n) is 8.05. The fourth-order valence-electron chi connectivity index (χ4n) is 3.00. The number of morpholine rings is 1. The third kappa shape index (κ3) is 4.94. The number of amides is 1. The van der Waals surface area contributed by atoms with Gasteiger partial charge in [0.25, 0.3) is 0 Å². The van der Waals surface area contributed by atoms with Gasteiger partial charge in [-0.25, -0.2) is 4.98 Å². The van der Waals surface area contributed by atoms with E-state index in [0.29, 0.717) is 30.5 Å². The topological polar surface area (TPSA) is 93.5 Å². The fourth-order valence-corrected chi connectivity index (χ4v) is 3.19. The summed E-state index contributed by atoms with van der Waals surface area (Å²) in [5.41, 5.74) is 5.67. The first-order valence-corrected chi connectivity index (χ1v) is 8.43. The molecule has 0 aliphatic carbocycles. The van der Waals surface area contributed by atoms with Crippen LogP contribution in [0.2, 0.25) is 5.02 Å². The highest BCUT2D eigenvalue weighted by Crippen LogP contribution is 2.26. The predicted molar refractivity (Wildman–Crippen MR) is 93.3 cm³/mol. The minimum absolute atomic E-state index is 0.0903. The van der Waals surface area contributed by atoms with Crippen LogP contribution in [0.25, 0.3) is 0 Å². The van der Waals surface area contributed by atoms with Crippen LogP contribution in [0.4, 0.5) is 0 Å². The molecular formula is C17H21ClN4O3. The van der Waals surface area contributed by atoms with Crippen LogP contribution in [0.1, 0.15) is 12.1 Å². The number of halogens is 1. The lowest BCUT2D eigenvalue weighted by Crippen LogP contribution is -2.56. The number of nitrogens with zero attached hydrogens (tertiary/aromatic N) is 2. The summed E-state index contributed by atoms with van der Waals surface area (Å²) < 4.78 is 11.8. The number of primary amides is 1. The third-order valence-electron chi connectivity index (χ3n) is 4.07. The molecule has 0 radical (unpaired) electrons. The van der Waals surface area contributed by atoms with Crippen molar-refractivity contribution in [2.45, 2.75) is 18.6 Å². The molecule has 3 N–H and O–H groups in total. The zero-order chi connectivity index (χ0) is 17.7. The molecule has 1 aromatic heterocycles. The van der Waals surface area contributed by atoms with Crippen molar-refractivity contribution in [2.24, 2.45) is 5.73 Å². The second-order valence-electron chi connectivity index (χ2n) is 6.21. The highest BCUT2D eigenvalue weighted by atomic mass is 35.5. The van der Waals surface area contributed by atoms with Gasteiger partial charge in [0.1, 0.15) is 18.0 Å². The number of hydrogen-bond donors (Lipinski definition) is 2. The van der Waals surface area contributed by atoms with Gasteiger partial charge in [0, 0.05) is 36.5 Å². The van der Waals surface area contributed by atoms with Gasteiger partial charge in [0.15, 0.2) is 0 Å². The smallest absolute Gasteiger partial charge is 0.220 e. The molecular weight excluding hydrogens is 344 g/mol. The molecule has 0 unspecified atom stereocenters. The summed E-state index contributed by atoms with van der Waals surface area (Å²) in [6.45, 7) is 2.71. The Morgan fingerprint density at radius 1 is 1.52 bits per heavy atom. The number of rotatable bonds is 7. The maximum Gasteiger partial charge on any atom is 0.220 e. The van der Waals surface area contributed by atoms with Crippen molar-refractivity contribution in [3.8, 4) is 5.75 Å². The number of nitrogens with one attached hydrogen (secondary N) is 1. The molecule has 1 atom stereocenters. The number of nitrogens with two attached hydrogens (primary N) is 1. The molecule has 134 valence electrons. The molecule has 1 fully saturated rings. The molecule has 1 aliphatic rings. The lowest BCUT2D eigenvalue weighted by molar-refractivity contribution is -0.148. The Morgan fingerprint density at radius 3 is 3.12 bits per heavy atom. The van der Waals surface area contributed by atoms with Crippen molar-refractivity contribution in [3.05, 3.63) is 47.5 Å². The molecule has 8 heteroatoms. The highest BCUT2D eigenvalue weighted by molar-refractivity contribution is 6.30. The Hall–Kier alpha value is -2.09. The lowest BCUT2D eigenvalue weighted by atomic mass is 9.97. The van der Waals surface area contributed by atoms with Gasteiger partial charge in [0.2, 0.25) is 5.91 Å². The largest absolute Gasteiger partial charge is 0.490 e. The standard InChI is InChI=1S/C17H21ClN4O3/c18-13-2-1-3-15(6-13)24-11-17(7-16(19)23)10-22(4-5-25-17)9-14-8-20-12-21-14/h1-3,6,8,12H,4-5,7,9-11H2,(H2,19,23)(H,20,21)/t17-/m1/s1. The van der Waals surface area contributed by atoms with Gasteiger partial charge in [-0.2, -0.15) is 0 Å². The van der Waals surface area contributed by atoms with E-state index in [1.807, 2.05) is 12.1 Å². The monoisotopic (exact) mass is 364 g/mol. The number of carbonyl (C=O) groups is 1. The molecule has 2 aromatic rings. The van der Waals surface area contributed by atoms with Crippen molar-refractivity contribution in [2.75, 3.05) is 26.3 Å². The summed E-state index contributed by atoms with van der Waals surface area (Å²) >= 11 is 5.99. The maximum absolute atomic E-state index is 11.6. The number of H-pyrrole nitrogens is 1. The van der Waals surface area contributed by atoms with Crippen LogP contribution in [0.15, 0.2) is 36.8 Å². The Kier molecular flexibility index (Phi) is 5.57. The second-order valence-corrected chi connectivity index (χ2v) is 6.64. The third-order valence-corrected chi connectivity index (χ3v) is 4.31. The van der Waals surface area contributed by atoms with Crippen molar-refractivity contribution in [1.82, 2.24) is 14.9 Å². The average molecular weight is 365 g/mol. The van der Waals surface area contributed by atoms with E-state index >= 15 is 0 Å². The van der Waals surface area contributed by atoms with Crippen LogP contribution >= 0.6 is 11.6 Å². The van der Waals surface area contributed by atoms with E-state index in [-0.39, 0.29) is 13.0 Å². The van der Waals surface area contributed by atoms with Crippen LogP contribution < -0.4 is 10.5 Å². The SMILES string of the molecule is NC(=O)C[C@]1(COc2cccc(Cl)c2)CN(Cc2cnc[nH]2)CCO1. The molecule has 2 heterocycles. The van der Waals surface area contributed by atoms with Crippen LogP contribution in [-0.4, -0.2) is 52.7 Å². The zero-order valence-corrected chi connectivity index (χ0v) is 14.5. The zero-order valence-electron chi connectivity index (χ0n) is 13.8. The molecule has 0 bridgehead atoms. The van der Waals surface area contributed by atoms with Crippen molar-refractivity contribution < 1.29 is 14.3 Å². The van der Waals surface area contributed by atoms with Crippen molar-refractivity contribution in [1.29, 1.82) is 0 Å². The Labute approximate surface area is 151 Å². The average Bonchev–Trinajstić information content (AvgIpc) is 3.06. The molecule has 1 amide bonds. The minimum atomic E-state index is -0.785. The van der Waals surface area contributed by atoms with E-state index in [9.17, 15) is 4.79 Å². The van der Waals surface area contributed by atoms with Gasteiger partial charge in [-0.05, 0) is 18.2 Å². The van der Waals surface area contributed by atoms with E-state index in [1.54, 1.807) is 24.7 Å². The molecule has 0 spiro atoms. The summed E-state index contributed by atoms with van der Waals surface area (Å²) in [7, 11) is 0. The van der Waals surface area contributed by atoms with E-state index in [4.69, 9.17) is 26.8 Å². The number of carbonyl (C=O) groups excluding carboxylic acids is 1. The summed E-state index contributed by atoms with van der Waals surface area (Å²) in [4.78, 5) is 20.9. The molecule has 7 nitrogen and oxygen atoms in total. The predicted octanol–water partition coefficient (Wildman–Crippen LogP) is 1.59. The molecule has 1 saturated heterocycles. The molecule has 3 rings (SSSR count). The number of benzene rings is 1. The normalized spacial score (nSPS) is 21.2. The maximum atomic E-state index is 11.6. The van der Waals surface area contributed by atoms with Crippen LogP contribution in [0.3, 0.4) is 0 Å². The minimum Gasteiger partial charge on any atom is -0.490 e. The van der Waals surface area contributed by atoms with Crippen molar-refractivity contribution >= 4 is 17.5 Å². The van der Waals surface area contributed by atoms with E-state index < -0.39 is 11.5 Å². The number of ether oxygens (including phenoxy) is 2. The summed E-state index contributed by atoms with van der Waals surface area (Å²) in [6, 6.07) is 7.13. The van der Waals surface area contributed by atoms with Gasteiger partial charge in [-0.1, -0.05) is 17.7 Å². The number of imidazole rings is 1. The van der Waals surface area contributed by atoms with Crippen LogP contribution in [0, 0.1) is 0 Å². The van der Waals surface area contributed by atoms with Gasteiger partial charge >= 0.3 is 0 Å². The van der Waals surface area contributed by atoms with Crippen molar-refractivity contribution in [3.63, 3.8) is 0 Å². The first-order chi connectivity index (χ1) is 12.0. The second kappa shape index (κ2) is 7.86. The quantitative estimate of drug-likeness (QED) is 0.778. The molecule has 0 saturated carbocycles. The van der Waals surface area contributed by atoms with Gasteiger partial charge < -0.3 is 20.2 Å². The Morgan fingerprint density at radius 2 is 2.40 bits per heavy atom. The number of aromatic nitrogens is 2. The Bertz CT molecular complexity index is 710. The lowest BCUT2D eigenvalue weighted by Gasteiger charge is -2.41. The van der Waals surface area contributed by atoms with Gasteiger partial charge in [0.05, 0.1) is 19.4 Å². The summed E-state index contributed by atoms with van der Waals surface area (Å²) in [5, 5.41) is 0.590. The number of aromatic amines is 1. The molecule has 1 aliphatic heterocycles. The first kappa shape index (κ1) is 17.7. The summed E-state index contributed by atoms with van der Waals surface area (Å²) in [5.74, 6) is 0.212. The van der Waals surface area contributed by atoms with Crippen LogP contribution in [-0.2, 0) is 16.1 Å². The fraction of sp³-hybridized carbons (Fsp3) is 0.412. The van der Waals surface area contributed by atoms with E-state index in [1.165, 1.54) is 0 Å². The highest BCUT2D eigenvalue weighted by Gasteiger charge is 2.39. The molecule has 25 heavy (non-hydrogen) atoms. The summed E-state index contributed by atoms with van der Waals surface area (Å²) in [6.07, 6.45) is 3.52. The number of hydrogen-bond acceptors (Lipinski definition) is 5. The van der Waals surface area contributed by atoms with Gasteiger partial charge in [-0.3, -0.25) is 9.69 Å². The Balaban J connectivity index is 1.69. The molecule has 1 aromatic carbocycles. The van der Waals surface area contributed by atoms with Crippen LogP contribution in [0.5, 0.6) is 5.75 Å². The van der Waals surface area contributed by atoms with Gasteiger partial charge in [-0.15, -0.1) is 0 Å². The van der Waals surface area contributed by atoms with E-state index in [0.717, 1.165) is 12.2 Å². The van der Waals surface area contributed by atoms with E-state index in [2.05, 4.69) is 14.9 Å².